The normalized spacial score (nSPS) is 12.2. The fourth-order valence-corrected chi connectivity index (χ4v) is 1.53. The van der Waals surface area contributed by atoms with E-state index in [1.165, 1.54) is 7.11 Å². The number of aliphatic hydroxyl groups excluding tert-OH is 1. The van der Waals surface area contributed by atoms with Crippen molar-refractivity contribution in [1.82, 2.24) is 10.3 Å². The summed E-state index contributed by atoms with van der Waals surface area (Å²) in [5.41, 5.74) is 2.07. The summed E-state index contributed by atoms with van der Waals surface area (Å²) >= 11 is 0. The standard InChI is InChI=1S/C12H18N2O3/c1-8-4-5-11(9(2)13-8)12(16)14-10(6-15)7-17-3/h4-5,10,15H,6-7H2,1-3H3,(H,14,16). The lowest BCUT2D eigenvalue weighted by Gasteiger charge is -2.15. The van der Waals surface area contributed by atoms with Crippen molar-refractivity contribution in [2.24, 2.45) is 0 Å². The smallest absolute Gasteiger partial charge is 0.253 e. The van der Waals surface area contributed by atoms with Crippen molar-refractivity contribution < 1.29 is 14.6 Å². The van der Waals surface area contributed by atoms with Crippen molar-refractivity contribution in [2.75, 3.05) is 20.3 Å². The van der Waals surface area contributed by atoms with Crippen LogP contribution in [0.1, 0.15) is 21.7 Å². The third-order valence-electron chi connectivity index (χ3n) is 2.39. The van der Waals surface area contributed by atoms with Gasteiger partial charge in [-0.1, -0.05) is 0 Å². The zero-order valence-corrected chi connectivity index (χ0v) is 10.4. The van der Waals surface area contributed by atoms with Crippen molar-refractivity contribution >= 4 is 5.91 Å². The number of pyridine rings is 1. The van der Waals surface area contributed by atoms with Crippen LogP contribution < -0.4 is 5.32 Å². The van der Waals surface area contributed by atoms with Crippen LogP contribution in [-0.2, 0) is 4.74 Å². The fourth-order valence-electron chi connectivity index (χ4n) is 1.53. The van der Waals surface area contributed by atoms with E-state index in [9.17, 15) is 4.79 Å². The van der Waals surface area contributed by atoms with Crippen LogP contribution >= 0.6 is 0 Å². The molecule has 1 rings (SSSR count). The highest BCUT2D eigenvalue weighted by molar-refractivity contribution is 5.95. The molecule has 0 aliphatic heterocycles. The number of aliphatic hydroxyl groups is 1. The van der Waals surface area contributed by atoms with Crippen molar-refractivity contribution in [3.63, 3.8) is 0 Å². The van der Waals surface area contributed by atoms with Crippen LogP contribution in [0, 0.1) is 13.8 Å². The van der Waals surface area contributed by atoms with Gasteiger partial charge in [0.25, 0.3) is 5.91 Å². The molecule has 5 heteroatoms. The molecule has 1 amide bonds. The van der Waals surface area contributed by atoms with E-state index in [0.717, 1.165) is 5.69 Å². The molecule has 1 aromatic rings. The maximum Gasteiger partial charge on any atom is 0.253 e. The number of aryl methyl sites for hydroxylation is 2. The maximum atomic E-state index is 11.9. The van der Waals surface area contributed by atoms with Gasteiger partial charge in [-0.3, -0.25) is 9.78 Å². The summed E-state index contributed by atoms with van der Waals surface area (Å²) in [6, 6.07) is 3.12. The number of rotatable bonds is 5. The molecule has 1 unspecified atom stereocenters. The van der Waals surface area contributed by atoms with Gasteiger partial charge in [0.05, 0.1) is 30.5 Å². The Balaban J connectivity index is 2.75. The zero-order chi connectivity index (χ0) is 12.8. The maximum absolute atomic E-state index is 11.9. The largest absolute Gasteiger partial charge is 0.394 e. The molecule has 0 radical (unpaired) electrons. The Morgan fingerprint density at radius 2 is 2.24 bits per heavy atom. The summed E-state index contributed by atoms with van der Waals surface area (Å²) in [5.74, 6) is -0.244. The van der Waals surface area contributed by atoms with E-state index in [0.29, 0.717) is 11.3 Å². The molecule has 1 atom stereocenters. The highest BCUT2D eigenvalue weighted by Gasteiger charge is 2.14. The fraction of sp³-hybridized carbons (Fsp3) is 0.500. The number of carbonyl (C=O) groups excluding carboxylic acids is 1. The number of carbonyl (C=O) groups is 1. The van der Waals surface area contributed by atoms with E-state index in [4.69, 9.17) is 9.84 Å². The Bertz CT molecular complexity index is 393. The van der Waals surface area contributed by atoms with Gasteiger partial charge in [-0.15, -0.1) is 0 Å². The number of amides is 1. The van der Waals surface area contributed by atoms with Gasteiger partial charge in [-0.25, -0.2) is 0 Å². The second-order valence-electron chi connectivity index (χ2n) is 3.89. The highest BCUT2D eigenvalue weighted by atomic mass is 16.5. The molecule has 17 heavy (non-hydrogen) atoms. The Morgan fingerprint density at radius 1 is 1.53 bits per heavy atom. The van der Waals surface area contributed by atoms with E-state index in [2.05, 4.69) is 10.3 Å². The monoisotopic (exact) mass is 238 g/mol. The third kappa shape index (κ3) is 3.80. The lowest BCUT2D eigenvalue weighted by Crippen LogP contribution is -2.40. The minimum absolute atomic E-state index is 0.155. The van der Waals surface area contributed by atoms with Gasteiger partial charge in [0, 0.05) is 12.8 Å². The van der Waals surface area contributed by atoms with Crippen LogP contribution in [0.15, 0.2) is 12.1 Å². The first-order valence-corrected chi connectivity index (χ1v) is 5.43. The SMILES string of the molecule is COCC(CO)NC(=O)c1ccc(C)nc1C. The summed E-state index contributed by atoms with van der Waals surface area (Å²) in [7, 11) is 1.52. The second kappa shape index (κ2) is 6.32. The van der Waals surface area contributed by atoms with Crippen LogP contribution in [0.2, 0.25) is 0 Å². The van der Waals surface area contributed by atoms with E-state index < -0.39 is 6.04 Å². The van der Waals surface area contributed by atoms with Gasteiger partial charge in [0.2, 0.25) is 0 Å². The molecule has 5 nitrogen and oxygen atoms in total. The van der Waals surface area contributed by atoms with Gasteiger partial charge in [0.15, 0.2) is 0 Å². The minimum atomic E-state index is -0.395. The second-order valence-corrected chi connectivity index (χ2v) is 3.89. The number of hydrogen-bond acceptors (Lipinski definition) is 4. The highest BCUT2D eigenvalue weighted by Crippen LogP contribution is 2.06. The average molecular weight is 238 g/mol. The Morgan fingerprint density at radius 3 is 2.76 bits per heavy atom. The summed E-state index contributed by atoms with van der Waals surface area (Å²) in [4.78, 5) is 16.1. The van der Waals surface area contributed by atoms with E-state index in [1.54, 1.807) is 19.1 Å². The van der Waals surface area contributed by atoms with Gasteiger partial charge < -0.3 is 15.2 Å². The summed E-state index contributed by atoms with van der Waals surface area (Å²) in [6.07, 6.45) is 0. The summed E-state index contributed by atoms with van der Waals surface area (Å²) in [5, 5.41) is 11.7. The first-order valence-electron chi connectivity index (χ1n) is 5.43. The molecular weight excluding hydrogens is 220 g/mol. The Kier molecular flexibility index (Phi) is 5.06. The molecular formula is C12H18N2O3. The van der Waals surface area contributed by atoms with Gasteiger partial charge in [0.1, 0.15) is 0 Å². The molecule has 2 N–H and O–H groups in total. The number of ether oxygens (including phenoxy) is 1. The minimum Gasteiger partial charge on any atom is -0.394 e. The number of nitrogens with one attached hydrogen (secondary N) is 1. The van der Waals surface area contributed by atoms with Gasteiger partial charge in [-0.05, 0) is 26.0 Å². The first-order chi connectivity index (χ1) is 8.08. The quantitative estimate of drug-likeness (QED) is 0.780. The summed E-state index contributed by atoms with van der Waals surface area (Å²) in [6.45, 7) is 3.78. The molecule has 0 aliphatic carbocycles. The molecule has 0 spiro atoms. The van der Waals surface area contributed by atoms with E-state index in [1.807, 2.05) is 6.92 Å². The van der Waals surface area contributed by atoms with Crippen LogP contribution in [0.3, 0.4) is 0 Å². The van der Waals surface area contributed by atoms with Crippen molar-refractivity contribution in [1.29, 1.82) is 0 Å². The topological polar surface area (TPSA) is 71.5 Å². The van der Waals surface area contributed by atoms with Crippen molar-refractivity contribution in [3.8, 4) is 0 Å². The zero-order valence-electron chi connectivity index (χ0n) is 10.4. The number of hydrogen-bond donors (Lipinski definition) is 2. The van der Waals surface area contributed by atoms with Gasteiger partial charge in [-0.2, -0.15) is 0 Å². The molecule has 0 saturated heterocycles. The molecule has 0 bridgehead atoms. The number of nitrogens with zero attached hydrogens (tertiary/aromatic N) is 1. The van der Waals surface area contributed by atoms with Crippen LogP contribution in [0.25, 0.3) is 0 Å². The molecule has 0 aliphatic rings. The van der Waals surface area contributed by atoms with Crippen LogP contribution in [-0.4, -0.2) is 42.4 Å². The summed E-state index contributed by atoms with van der Waals surface area (Å²) < 4.78 is 4.89. The van der Waals surface area contributed by atoms with Crippen LogP contribution in [0.5, 0.6) is 0 Å². The molecule has 94 valence electrons. The average Bonchev–Trinajstić information content (AvgIpc) is 2.28. The molecule has 0 aromatic carbocycles. The first kappa shape index (κ1) is 13.6. The number of methoxy groups -OCH3 is 1. The van der Waals surface area contributed by atoms with Crippen molar-refractivity contribution in [2.45, 2.75) is 19.9 Å². The van der Waals surface area contributed by atoms with Crippen LogP contribution in [0.4, 0.5) is 0 Å². The van der Waals surface area contributed by atoms with E-state index in [-0.39, 0.29) is 19.1 Å². The predicted molar refractivity (Wildman–Crippen MR) is 63.9 cm³/mol. The molecule has 1 heterocycles. The Labute approximate surface area is 101 Å². The molecule has 1 aromatic heterocycles. The lowest BCUT2D eigenvalue weighted by molar-refractivity contribution is 0.0838. The predicted octanol–water partition coefficient (Wildman–Crippen LogP) is 0.436. The van der Waals surface area contributed by atoms with Gasteiger partial charge >= 0.3 is 0 Å². The third-order valence-corrected chi connectivity index (χ3v) is 2.39. The molecule has 0 fully saturated rings. The Hall–Kier alpha value is -1.46. The van der Waals surface area contributed by atoms with E-state index >= 15 is 0 Å². The van der Waals surface area contributed by atoms with Crippen molar-refractivity contribution in [3.05, 3.63) is 29.1 Å². The lowest BCUT2D eigenvalue weighted by atomic mass is 10.1. The number of aromatic nitrogens is 1. The molecule has 0 saturated carbocycles.